The van der Waals surface area contributed by atoms with Crippen LogP contribution < -0.4 is 5.32 Å². The summed E-state index contributed by atoms with van der Waals surface area (Å²) in [5.41, 5.74) is 0.841. The average molecular weight is 491 g/mol. The molecule has 33 heavy (non-hydrogen) atoms. The molecule has 8 nitrogen and oxygen atoms in total. The van der Waals surface area contributed by atoms with Crippen molar-refractivity contribution >= 4 is 34.8 Å². The summed E-state index contributed by atoms with van der Waals surface area (Å²) in [5, 5.41) is 13.1. The average Bonchev–Trinajstić information content (AvgIpc) is 3.56. The Kier molecular flexibility index (Phi) is 6.65. The summed E-state index contributed by atoms with van der Waals surface area (Å²) in [6.07, 6.45) is 8.73. The topological polar surface area (TPSA) is 105 Å². The van der Waals surface area contributed by atoms with Gasteiger partial charge in [-0.25, -0.2) is 9.97 Å². The van der Waals surface area contributed by atoms with Crippen molar-refractivity contribution in [1.82, 2.24) is 20.2 Å². The second-order valence-corrected chi connectivity index (χ2v) is 10.6. The lowest BCUT2D eigenvalue weighted by Crippen LogP contribution is -2.55. The molecule has 1 aliphatic carbocycles. The number of thiophene rings is 1. The van der Waals surface area contributed by atoms with Gasteiger partial charge in [0, 0.05) is 29.4 Å². The second-order valence-electron chi connectivity index (χ2n) is 9.00. The van der Waals surface area contributed by atoms with Crippen LogP contribution in [-0.2, 0) is 9.53 Å². The summed E-state index contributed by atoms with van der Waals surface area (Å²) in [6.45, 7) is 0.479. The number of hydrogen-bond donors (Lipinski definition) is 2. The highest BCUT2D eigenvalue weighted by Crippen LogP contribution is 2.35. The summed E-state index contributed by atoms with van der Waals surface area (Å²) >= 11 is 7.79. The van der Waals surface area contributed by atoms with Crippen molar-refractivity contribution in [2.45, 2.75) is 61.8 Å². The first kappa shape index (κ1) is 22.7. The minimum absolute atomic E-state index is 0.0597. The van der Waals surface area contributed by atoms with Gasteiger partial charge in [0.1, 0.15) is 18.5 Å². The number of alkyl halides is 1. The Hall–Kier alpha value is -2.07. The Balaban J connectivity index is 1.36. The quantitative estimate of drug-likeness (QED) is 0.624. The highest BCUT2D eigenvalue weighted by Gasteiger charge is 2.53. The highest BCUT2D eigenvalue weighted by molar-refractivity contribution is 7.17. The van der Waals surface area contributed by atoms with Crippen LogP contribution in [0.3, 0.4) is 0 Å². The maximum atomic E-state index is 13.7. The molecule has 5 atom stereocenters. The van der Waals surface area contributed by atoms with Crippen molar-refractivity contribution < 1.29 is 19.4 Å². The van der Waals surface area contributed by atoms with E-state index in [1.54, 1.807) is 23.4 Å². The van der Waals surface area contributed by atoms with Gasteiger partial charge in [-0.15, -0.1) is 22.9 Å². The van der Waals surface area contributed by atoms with Gasteiger partial charge >= 0.3 is 0 Å². The fourth-order valence-electron chi connectivity index (χ4n) is 5.26. The molecule has 2 N–H and O–H groups in total. The van der Waals surface area contributed by atoms with Crippen LogP contribution in [0.4, 0.5) is 0 Å². The van der Waals surface area contributed by atoms with Crippen LogP contribution in [0.5, 0.6) is 0 Å². The molecule has 1 saturated carbocycles. The number of rotatable bonds is 5. The third kappa shape index (κ3) is 4.51. The molecule has 3 aliphatic rings. The molecule has 2 saturated heterocycles. The molecule has 2 aromatic rings. The molecule has 4 heterocycles. The molecule has 2 aromatic heterocycles. The molecule has 5 rings (SSSR count). The minimum Gasteiger partial charge on any atom is -0.388 e. The van der Waals surface area contributed by atoms with Gasteiger partial charge in [0.15, 0.2) is 0 Å². The highest BCUT2D eigenvalue weighted by atomic mass is 35.5. The summed E-state index contributed by atoms with van der Waals surface area (Å²) in [4.78, 5) is 38.1. The Morgan fingerprint density at radius 2 is 1.97 bits per heavy atom. The van der Waals surface area contributed by atoms with Gasteiger partial charge < -0.3 is 20.1 Å². The first-order chi connectivity index (χ1) is 16.0. The summed E-state index contributed by atoms with van der Waals surface area (Å²) in [7, 11) is 0. The van der Waals surface area contributed by atoms with E-state index in [2.05, 4.69) is 15.3 Å². The van der Waals surface area contributed by atoms with Crippen molar-refractivity contribution in [3.8, 4) is 10.4 Å². The molecule has 10 heteroatoms. The third-order valence-corrected chi connectivity index (χ3v) is 8.43. The number of hydrogen-bond acceptors (Lipinski definition) is 7. The molecule has 0 spiro atoms. The minimum atomic E-state index is -0.765. The van der Waals surface area contributed by atoms with Gasteiger partial charge in [0.2, 0.25) is 5.91 Å². The summed E-state index contributed by atoms with van der Waals surface area (Å²) < 4.78 is 5.63. The number of aliphatic hydroxyl groups excluding tert-OH is 1. The lowest BCUT2D eigenvalue weighted by atomic mass is 9.83. The Morgan fingerprint density at radius 1 is 1.21 bits per heavy atom. The number of carbonyl (C=O) groups excluding carboxylic acids is 2. The van der Waals surface area contributed by atoms with Gasteiger partial charge in [0.05, 0.1) is 29.0 Å². The number of nitrogens with one attached hydrogen (secondary N) is 1. The first-order valence-electron chi connectivity index (χ1n) is 11.4. The van der Waals surface area contributed by atoms with Crippen LogP contribution in [-0.4, -0.2) is 74.6 Å². The van der Waals surface area contributed by atoms with Gasteiger partial charge in [-0.1, -0.05) is 19.3 Å². The van der Waals surface area contributed by atoms with Crippen LogP contribution in [0.1, 0.15) is 41.8 Å². The van der Waals surface area contributed by atoms with Gasteiger partial charge in [-0.2, -0.15) is 0 Å². The van der Waals surface area contributed by atoms with Crippen LogP contribution in [0.25, 0.3) is 10.4 Å². The number of halogens is 1. The summed E-state index contributed by atoms with van der Waals surface area (Å²) in [5.74, 6) is -0.385. The van der Waals surface area contributed by atoms with Crippen LogP contribution in [0.15, 0.2) is 30.9 Å². The fraction of sp³-hybridized carbons (Fsp3) is 0.565. The van der Waals surface area contributed by atoms with E-state index < -0.39 is 18.2 Å². The van der Waals surface area contributed by atoms with Gasteiger partial charge in [-0.3, -0.25) is 9.59 Å². The van der Waals surface area contributed by atoms with Crippen LogP contribution >= 0.6 is 22.9 Å². The Bertz CT molecular complexity index is 999. The smallest absolute Gasteiger partial charge is 0.262 e. The van der Waals surface area contributed by atoms with Crippen molar-refractivity contribution in [3.05, 3.63) is 35.7 Å². The van der Waals surface area contributed by atoms with Crippen molar-refractivity contribution in [3.63, 3.8) is 0 Å². The number of ether oxygens (including phenoxy) is 1. The molecule has 0 aromatic carbocycles. The molecule has 0 unspecified atom stereocenters. The van der Waals surface area contributed by atoms with E-state index in [9.17, 15) is 14.7 Å². The largest absolute Gasteiger partial charge is 0.388 e. The number of aromatic nitrogens is 2. The molecular weight excluding hydrogens is 464 g/mol. The number of likely N-dealkylation sites (tertiary alicyclic amines) is 1. The van der Waals surface area contributed by atoms with Gasteiger partial charge in [-0.05, 0) is 30.9 Å². The zero-order valence-electron chi connectivity index (χ0n) is 18.1. The number of nitrogens with zero attached hydrogens (tertiary/aromatic N) is 3. The van der Waals surface area contributed by atoms with E-state index in [1.807, 2.05) is 6.07 Å². The van der Waals surface area contributed by atoms with E-state index in [-0.39, 0.29) is 35.8 Å². The number of carbonyl (C=O) groups is 2. The van der Waals surface area contributed by atoms with Crippen molar-refractivity contribution in [1.29, 1.82) is 0 Å². The van der Waals surface area contributed by atoms with E-state index in [4.69, 9.17) is 16.3 Å². The molecule has 176 valence electrons. The maximum absolute atomic E-state index is 13.7. The predicted molar refractivity (Wildman–Crippen MR) is 124 cm³/mol. The SMILES string of the molecule is O=C(N[C@H](C(=O)N1C[C@H](Cl)[C@H]2OC[C@H](O)[C@H]21)C1CCCCC1)c1ccc(-c2cncnc2)s1. The standard InChI is InChI=1S/C23H27ClN4O4S/c24-15-10-28(20-16(29)11-32-21(15)20)23(31)19(13-4-2-1-3-5-13)27-22(30)18-7-6-17(33-18)14-8-25-12-26-9-14/h6-9,12-13,15-16,19-21,29H,1-5,10-11H2,(H,27,30)/t15-,16-,19-,20+,21+/m0/s1. The first-order valence-corrected chi connectivity index (χ1v) is 12.7. The third-order valence-electron chi connectivity index (χ3n) is 6.91. The lowest BCUT2D eigenvalue weighted by molar-refractivity contribution is -0.137. The molecule has 3 fully saturated rings. The zero-order chi connectivity index (χ0) is 22.9. The van der Waals surface area contributed by atoms with E-state index in [1.165, 1.54) is 17.7 Å². The number of fused-ring (bicyclic) bond motifs is 1. The lowest BCUT2D eigenvalue weighted by Gasteiger charge is -2.35. The van der Waals surface area contributed by atoms with E-state index >= 15 is 0 Å². The zero-order valence-corrected chi connectivity index (χ0v) is 19.7. The van der Waals surface area contributed by atoms with Crippen molar-refractivity contribution in [2.24, 2.45) is 5.92 Å². The normalized spacial score (nSPS) is 28.5. The molecular formula is C23H27ClN4O4S. The Morgan fingerprint density at radius 3 is 2.73 bits per heavy atom. The van der Waals surface area contributed by atoms with Crippen LogP contribution in [0, 0.1) is 5.92 Å². The molecule has 2 aliphatic heterocycles. The molecule has 0 radical (unpaired) electrons. The Labute approximate surface area is 201 Å². The van der Waals surface area contributed by atoms with Crippen molar-refractivity contribution in [2.75, 3.05) is 13.2 Å². The monoisotopic (exact) mass is 490 g/mol. The predicted octanol–water partition coefficient (Wildman–Crippen LogP) is 2.46. The number of aliphatic hydroxyl groups is 1. The number of amides is 2. The molecule has 2 amide bonds. The fourth-order valence-corrected chi connectivity index (χ4v) is 6.52. The second kappa shape index (κ2) is 9.66. The maximum Gasteiger partial charge on any atom is 0.262 e. The van der Waals surface area contributed by atoms with Crippen LogP contribution in [0.2, 0.25) is 0 Å². The van der Waals surface area contributed by atoms with E-state index in [0.717, 1.165) is 42.5 Å². The summed E-state index contributed by atoms with van der Waals surface area (Å²) in [6, 6.07) is 2.51. The van der Waals surface area contributed by atoms with Gasteiger partial charge in [0.25, 0.3) is 5.91 Å². The van der Waals surface area contributed by atoms with E-state index in [0.29, 0.717) is 11.4 Å². The molecule has 0 bridgehead atoms.